The van der Waals surface area contributed by atoms with Crippen LogP contribution in [0.4, 0.5) is 10.1 Å². The molecular weight excluding hydrogens is 336 g/mol. The van der Waals surface area contributed by atoms with Gasteiger partial charge in [-0.25, -0.2) is 4.39 Å². The zero-order valence-corrected chi connectivity index (χ0v) is 12.0. The molecule has 1 atom stereocenters. The Hall–Kier alpha value is -0.850. The van der Waals surface area contributed by atoms with E-state index in [2.05, 4.69) is 27.9 Å². The number of nitrogens with one attached hydrogen (secondary N) is 1. The first-order valence-corrected chi connectivity index (χ1v) is 6.48. The van der Waals surface area contributed by atoms with Gasteiger partial charge in [0.2, 0.25) is 0 Å². The highest BCUT2D eigenvalue weighted by molar-refractivity contribution is 14.1. The zero-order valence-electron chi connectivity index (χ0n) is 9.80. The fraction of sp³-hybridized carbons (Fsp3) is 0.417. The van der Waals surface area contributed by atoms with Crippen LogP contribution >= 0.6 is 22.6 Å². The summed E-state index contributed by atoms with van der Waals surface area (Å²) >= 11 is 2.05. The van der Waals surface area contributed by atoms with Gasteiger partial charge in [-0.15, -0.1) is 0 Å². The number of rotatable bonds is 5. The first-order chi connectivity index (χ1) is 8.02. The van der Waals surface area contributed by atoms with E-state index in [0.717, 1.165) is 9.26 Å². The van der Waals surface area contributed by atoms with E-state index in [4.69, 9.17) is 4.74 Å². The van der Waals surface area contributed by atoms with Crippen molar-refractivity contribution in [2.45, 2.75) is 26.3 Å². The van der Waals surface area contributed by atoms with Gasteiger partial charge >= 0.3 is 5.97 Å². The number of halogens is 2. The molecule has 0 fully saturated rings. The van der Waals surface area contributed by atoms with E-state index in [-0.39, 0.29) is 17.8 Å². The lowest BCUT2D eigenvalue weighted by Gasteiger charge is -2.15. The molecule has 0 saturated carbocycles. The number of esters is 1. The topological polar surface area (TPSA) is 38.3 Å². The molecule has 0 saturated heterocycles. The van der Waals surface area contributed by atoms with Crippen molar-refractivity contribution in [1.82, 2.24) is 0 Å². The molecule has 0 aliphatic heterocycles. The minimum Gasteiger partial charge on any atom is -0.466 e. The van der Waals surface area contributed by atoms with E-state index in [0.29, 0.717) is 13.0 Å². The number of benzene rings is 1. The van der Waals surface area contributed by atoms with Gasteiger partial charge in [-0.1, -0.05) is 0 Å². The number of anilines is 1. The molecule has 94 valence electrons. The largest absolute Gasteiger partial charge is 0.466 e. The lowest BCUT2D eigenvalue weighted by atomic mass is 10.2. The van der Waals surface area contributed by atoms with Crippen LogP contribution in [0.2, 0.25) is 0 Å². The smallest absolute Gasteiger partial charge is 0.307 e. The molecule has 3 nitrogen and oxygen atoms in total. The maximum absolute atomic E-state index is 12.9. The van der Waals surface area contributed by atoms with Crippen LogP contribution in [0.5, 0.6) is 0 Å². The van der Waals surface area contributed by atoms with Crippen molar-refractivity contribution >= 4 is 34.2 Å². The van der Waals surface area contributed by atoms with Crippen molar-refractivity contribution in [3.05, 3.63) is 27.6 Å². The van der Waals surface area contributed by atoms with Crippen molar-refractivity contribution in [2.75, 3.05) is 11.9 Å². The van der Waals surface area contributed by atoms with E-state index in [9.17, 15) is 9.18 Å². The molecule has 1 unspecified atom stereocenters. The first-order valence-electron chi connectivity index (χ1n) is 5.40. The van der Waals surface area contributed by atoms with E-state index in [1.54, 1.807) is 13.0 Å². The van der Waals surface area contributed by atoms with E-state index in [1.807, 2.05) is 6.92 Å². The lowest BCUT2D eigenvalue weighted by molar-refractivity contribution is -0.143. The molecule has 1 aromatic carbocycles. The SMILES string of the molecule is CCOC(=O)CC(C)Nc1ccc(F)cc1I. The molecule has 5 heteroatoms. The highest BCUT2D eigenvalue weighted by atomic mass is 127. The summed E-state index contributed by atoms with van der Waals surface area (Å²) in [5, 5.41) is 3.15. The summed E-state index contributed by atoms with van der Waals surface area (Å²) in [4.78, 5) is 11.3. The Bertz CT molecular complexity index is 398. The fourth-order valence-corrected chi connectivity index (χ4v) is 2.03. The Morgan fingerprint density at radius 1 is 1.59 bits per heavy atom. The molecule has 0 aromatic heterocycles. The second kappa shape index (κ2) is 6.78. The minimum atomic E-state index is -0.266. The second-order valence-corrected chi connectivity index (χ2v) is 4.84. The molecule has 1 N–H and O–H groups in total. The van der Waals surface area contributed by atoms with Crippen LogP contribution in [0.25, 0.3) is 0 Å². The highest BCUT2D eigenvalue weighted by Crippen LogP contribution is 2.20. The molecule has 0 radical (unpaired) electrons. The average Bonchev–Trinajstić information content (AvgIpc) is 2.22. The Morgan fingerprint density at radius 2 is 2.29 bits per heavy atom. The minimum absolute atomic E-state index is 0.0481. The van der Waals surface area contributed by atoms with Crippen molar-refractivity contribution < 1.29 is 13.9 Å². The van der Waals surface area contributed by atoms with Gasteiger partial charge in [-0.05, 0) is 54.6 Å². The average molecular weight is 351 g/mol. The van der Waals surface area contributed by atoms with Crippen LogP contribution in [-0.4, -0.2) is 18.6 Å². The van der Waals surface area contributed by atoms with Gasteiger partial charge in [0, 0.05) is 15.3 Å². The summed E-state index contributed by atoms with van der Waals surface area (Å²) in [7, 11) is 0. The number of hydrogen-bond acceptors (Lipinski definition) is 3. The summed E-state index contributed by atoms with van der Waals surface area (Å²) in [6.45, 7) is 4.05. The molecule has 0 aliphatic carbocycles. The van der Waals surface area contributed by atoms with Crippen molar-refractivity contribution in [2.24, 2.45) is 0 Å². The van der Waals surface area contributed by atoms with Crippen LogP contribution in [0.1, 0.15) is 20.3 Å². The zero-order chi connectivity index (χ0) is 12.8. The predicted octanol–water partition coefficient (Wildman–Crippen LogP) is 3.18. The van der Waals surface area contributed by atoms with Gasteiger partial charge in [0.25, 0.3) is 0 Å². The van der Waals surface area contributed by atoms with Crippen molar-refractivity contribution in [1.29, 1.82) is 0 Å². The van der Waals surface area contributed by atoms with Crippen LogP contribution in [-0.2, 0) is 9.53 Å². The van der Waals surface area contributed by atoms with Gasteiger partial charge in [-0.3, -0.25) is 4.79 Å². The standard InChI is InChI=1S/C12H15FINO2/c1-3-17-12(16)6-8(2)15-11-5-4-9(13)7-10(11)14/h4-5,7-8,15H,3,6H2,1-2H3. The molecule has 0 aliphatic rings. The van der Waals surface area contributed by atoms with Crippen molar-refractivity contribution in [3.63, 3.8) is 0 Å². The Labute approximate surface area is 114 Å². The van der Waals surface area contributed by atoms with Gasteiger partial charge in [-0.2, -0.15) is 0 Å². The number of ether oxygens (including phenoxy) is 1. The molecule has 17 heavy (non-hydrogen) atoms. The molecule has 1 aromatic rings. The van der Waals surface area contributed by atoms with Crippen LogP contribution in [0.15, 0.2) is 18.2 Å². The first kappa shape index (κ1) is 14.2. The van der Waals surface area contributed by atoms with Gasteiger partial charge in [0.1, 0.15) is 5.82 Å². The summed E-state index contributed by atoms with van der Waals surface area (Å²) in [5.74, 6) is -0.498. The Kier molecular flexibility index (Phi) is 5.67. The lowest BCUT2D eigenvalue weighted by Crippen LogP contribution is -2.21. The Morgan fingerprint density at radius 3 is 2.88 bits per heavy atom. The van der Waals surface area contributed by atoms with E-state index < -0.39 is 0 Å². The molecule has 0 spiro atoms. The summed E-state index contributed by atoms with van der Waals surface area (Å²) in [5.41, 5.74) is 0.823. The number of hydrogen-bond donors (Lipinski definition) is 1. The molecular formula is C12H15FINO2. The van der Waals surface area contributed by atoms with E-state index in [1.165, 1.54) is 12.1 Å². The third-order valence-electron chi connectivity index (χ3n) is 2.11. The third-order valence-corrected chi connectivity index (χ3v) is 3.00. The monoisotopic (exact) mass is 351 g/mol. The van der Waals surface area contributed by atoms with E-state index >= 15 is 0 Å². The third kappa shape index (κ3) is 4.89. The predicted molar refractivity (Wildman–Crippen MR) is 73.5 cm³/mol. The normalized spacial score (nSPS) is 12.0. The van der Waals surface area contributed by atoms with Gasteiger partial charge in [0.05, 0.1) is 13.0 Å². The number of carbonyl (C=O) groups excluding carboxylic acids is 1. The fourth-order valence-electron chi connectivity index (χ4n) is 1.39. The molecule has 0 heterocycles. The summed E-state index contributed by atoms with van der Waals surface area (Å²) in [6, 6.07) is 4.45. The van der Waals surface area contributed by atoms with Crippen LogP contribution in [0, 0.1) is 9.39 Å². The van der Waals surface area contributed by atoms with Gasteiger partial charge < -0.3 is 10.1 Å². The Balaban J connectivity index is 2.55. The molecule has 0 amide bonds. The summed E-state index contributed by atoms with van der Waals surface area (Å²) < 4.78 is 18.5. The number of carbonyl (C=O) groups is 1. The highest BCUT2D eigenvalue weighted by Gasteiger charge is 2.11. The second-order valence-electron chi connectivity index (χ2n) is 3.68. The summed E-state index contributed by atoms with van der Waals surface area (Å²) in [6.07, 6.45) is 0.293. The quantitative estimate of drug-likeness (QED) is 0.654. The van der Waals surface area contributed by atoms with Crippen LogP contribution < -0.4 is 5.32 Å². The maximum Gasteiger partial charge on any atom is 0.307 e. The molecule has 1 rings (SSSR count). The van der Waals surface area contributed by atoms with Crippen molar-refractivity contribution in [3.8, 4) is 0 Å². The maximum atomic E-state index is 12.9. The van der Waals surface area contributed by atoms with Crippen LogP contribution in [0.3, 0.4) is 0 Å². The van der Waals surface area contributed by atoms with Gasteiger partial charge in [0.15, 0.2) is 0 Å². The molecule has 0 bridgehead atoms.